The molecular formula is C18H15BrFN3O2. The van der Waals surface area contributed by atoms with Gasteiger partial charge in [0.25, 0.3) is 5.91 Å². The van der Waals surface area contributed by atoms with Gasteiger partial charge in [0.05, 0.1) is 18.0 Å². The largest absolute Gasteiger partial charge is 0.494 e. The molecule has 1 aromatic heterocycles. The topological polar surface area (TPSA) is 67.0 Å². The van der Waals surface area contributed by atoms with Crippen LogP contribution >= 0.6 is 15.9 Å². The maximum absolute atomic E-state index is 13.8. The van der Waals surface area contributed by atoms with Crippen molar-refractivity contribution in [3.8, 4) is 17.0 Å². The second-order valence-electron chi connectivity index (χ2n) is 5.20. The minimum atomic E-state index is -0.519. The van der Waals surface area contributed by atoms with E-state index in [4.69, 9.17) is 4.74 Å². The van der Waals surface area contributed by atoms with E-state index in [1.54, 1.807) is 12.1 Å². The summed E-state index contributed by atoms with van der Waals surface area (Å²) in [5.74, 6) is -0.217. The Bertz CT molecular complexity index is 894. The zero-order valence-corrected chi connectivity index (χ0v) is 14.9. The smallest absolute Gasteiger partial charge is 0.273 e. The van der Waals surface area contributed by atoms with Crippen LogP contribution in [-0.4, -0.2) is 22.7 Å². The Balaban J connectivity index is 1.75. The number of aromatic nitrogens is 2. The van der Waals surface area contributed by atoms with Crippen molar-refractivity contribution in [3.05, 3.63) is 64.5 Å². The molecule has 0 unspecified atom stereocenters. The fourth-order valence-electron chi connectivity index (χ4n) is 2.26. The molecule has 25 heavy (non-hydrogen) atoms. The van der Waals surface area contributed by atoms with E-state index >= 15 is 0 Å². The number of ether oxygens (including phenoxy) is 1. The van der Waals surface area contributed by atoms with Crippen LogP contribution in [0.5, 0.6) is 5.75 Å². The summed E-state index contributed by atoms with van der Waals surface area (Å²) in [6.07, 6.45) is 0. The number of amides is 1. The molecule has 1 heterocycles. The minimum Gasteiger partial charge on any atom is -0.494 e. The Morgan fingerprint density at radius 2 is 2.00 bits per heavy atom. The Morgan fingerprint density at radius 3 is 2.68 bits per heavy atom. The van der Waals surface area contributed by atoms with Crippen molar-refractivity contribution in [1.29, 1.82) is 0 Å². The van der Waals surface area contributed by atoms with E-state index < -0.39 is 11.7 Å². The Morgan fingerprint density at radius 1 is 1.24 bits per heavy atom. The van der Waals surface area contributed by atoms with E-state index in [1.165, 1.54) is 12.1 Å². The first-order valence-corrected chi connectivity index (χ1v) is 8.41. The molecule has 3 aromatic rings. The summed E-state index contributed by atoms with van der Waals surface area (Å²) >= 11 is 3.17. The number of halogens is 2. The molecule has 0 aliphatic heterocycles. The summed E-state index contributed by atoms with van der Waals surface area (Å²) in [4.78, 5) is 12.3. The monoisotopic (exact) mass is 403 g/mol. The summed E-state index contributed by atoms with van der Waals surface area (Å²) < 4.78 is 19.8. The van der Waals surface area contributed by atoms with Crippen LogP contribution in [0.25, 0.3) is 11.3 Å². The lowest BCUT2D eigenvalue weighted by molar-refractivity contribution is 0.102. The lowest BCUT2D eigenvalue weighted by atomic mass is 10.1. The quantitative estimate of drug-likeness (QED) is 0.652. The highest BCUT2D eigenvalue weighted by Gasteiger charge is 2.13. The summed E-state index contributed by atoms with van der Waals surface area (Å²) in [6, 6.07) is 13.4. The lowest BCUT2D eigenvalue weighted by Crippen LogP contribution is -2.13. The zero-order valence-electron chi connectivity index (χ0n) is 13.3. The number of hydrogen-bond acceptors (Lipinski definition) is 3. The molecule has 0 spiro atoms. The Kier molecular flexibility index (Phi) is 5.14. The van der Waals surface area contributed by atoms with E-state index in [1.807, 2.05) is 31.2 Å². The van der Waals surface area contributed by atoms with E-state index in [-0.39, 0.29) is 11.4 Å². The molecule has 128 valence electrons. The van der Waals surface area contributed by atoms with Crippen LogP contribution in [0.15, 0.2) is 53.0 Å². The molecule has 0 atom stereocenters. The minimum absolute atomic E-state index is 0.102. The molecule has 7 heteroatoms. The second-order valence-corrected chi connectivity index (χ2v) is 6.12. The van der Waals surface area contributed by atoms with Gasteiger partial charge in [-0.15, -0.1) is 0 Å². The van der Waals surface area contributed by atoms with Crippen LogP contribution in [-0.2, 0) is 0 Å². The predicted molar refractivity (Wildman–Crippen MR) is 97.2 cm³/mol. The van der Waals surface area contributed by atoms with Gasteiger partial charge in [-0.05, 0) is 55.5 Å². The van der Waals surface area contributed by atoms with E-state index in [0.717, 1.165) is 11.3 Å². The van der Waals surface area contributed by atoms with Crippen LogP contribution in [0.4, 0.5) is 10.1 Å². The van der Waals surface area contributed by atoms with Gasteiger partial charge in [0.2, 0.25) is 0 Å². The van der Waals surface area contributed by atoms with Crippen molar-refractivity contribution in [1.82, 2.24) is 10.2 Å². The number of anilines is 1. The van der Waals surface area contributed by atoms with Gasteiger partial charge in [-0.1, -0.05) is 15.9 Å². The summed E-state index contributed by atoms with van der Waals surface area (Å²) in [6.45, 7) is 2.51. The maximum atomic E-state index is 13.8. The van der Waals surface area contributed by atoms with Gasteiger partial charge >= 0.3 is 0 Å². The van der Waals surface area contributed by atoms with Gasteiger partial charge in [-0.3, -0.25) is 9.89 Å². The van der Waals surface area contributed by atoms with Crippen LogP contribution in [0.1, 0.15) is 17.4 Å². The highest BCUT2D eigenvalue weighted by atomic mass is 79.9. The van der Waals surface area contributed by atoms with Gasteiger partial charge in [0.1, 0.15) is 17.3 Å². The van der Waals surface area contributed by atoms with Crippen molar-refractivity contribution in [2.75, 3.05) is 11.9 Å². The number of nitrogens with one attached hydrogen (secondary N) is 2. The van der Waals surface area contributed by atoms with Gasteiger partial charge in [0.15, 0.2) is 0 Å². The molecule has 5 nitrogen and oxygen atoms in total. The number of nitrogens with zero attached hydrogens (tertiary/aromatic N) is 1. The van der Waals surface area contributed by atoms with E-state index in [9.17, 15) is 9.18 Å². The third kappa shape index (κ3) is 4.06. The molecular weight excluding hydrogens is 389 g/mol. The van der Waals surface area contributed by atoms with Crippen LogP contribution < -0.4 is 10.1 Å². The normalized spacial score (nSPS) is 10.5. The van der Waals surface area contributed by atoms with Gasteiger partial charge in [-0.25, -0.2) is 4.39 Å². The van der Waals surface area contributed by atoms with Crippen molar-refractivity contribution < 1.29 is 13.9 Å². The van der Waals surface area contributed by atoms with Crippen molar-refractivity contribution in [2.45, 2.75) is 6.92 Å². The van der Waals surface area contributed by atoms with Crippen molar-refractivity contribution in [3.63, 3.8) is 0 Å². The highest BCUT2D eigenvalue weighted by Crippen LogP contribution is 2.23. The number of carbonyl (C=O) groups is 1. The molecule has 3 rings (SSSR count). The molecule has 0 aliphatic carbocycles. The molecule has 0 bridgehead atoms. The van der Waals surface area contributed by atoms with Crippen molar-refractivity contribution >= 4 is 27.5 Å². The van der Waals surface area contributed by atoms with Crippen LogP contribution in [0.3, 0.4) is 0 Å². The fraction of sp³-hybridized carbons (Fsp3) is 0.111. The molecule has 2 aromatic carbocycles. The van der Waals surface area contributed by atoms with Crippen LogP contribution in [0, 0.1) is 5.82 Å². The molecule has 0 fully saturated rings. The van der Waals surface area contributed by atoms with Crippen molar-refractivity contribution in [2.24, 2.45) is 0 Å². The molecule has 0 saturated heterocycles. The number of benzene rings is 2. The predicted octanol–water partition coefficient (Wildman–Crippen LogP) is 4.63. The maximum Gasteiger partial charge on any atom is 0.273 e. The zero-order chi connectivity index (χ0) is 17.8. The standard InChI is InChI=1S/C18H15BrFN3O2/c1-2-25-13-6-3-11(4-7-13)16-10-17(23-22-16)18(24)21-15-8-5-12(19)9-14(15)20/h3-10H,2H2,1H3,(H,21,24)(H,22,23). The molecule has 1 amide bonds. The number of rotatable bonds is 5. The first kappa shape index (κ1) is 17.2. The first-order chi connectivity index (χ1) is 12.1. The van der Waals surface area contributed by atoms with E-state index in [0.29, 0.717) is 16.8 Å². The third-order valence-corrected chi connectivity index (χ3v) is 3.96. The molecule has 0 saturated carbocycles. The fourth-order valence-corrected chi connectivity index (χ4v) is 2.59. The number of H-pyrrole nitrogens is 1. The molecule has 0 radical (unpaired) electrons. The average molecular weight is 404 g/mol. The SMILES string of the molecule is CCOc1ccc(-c2cc(C(=O)Nc3ccc(Br)cc3F)[nH]n2)cc1. The van der Waals surface area contributed by atoms with E-state index in [2.05, 4.69) is 31.4 Å². The third-order valence-electron chi connectivity index (χ3n) is 3.46. The average Bonchev–Trinajstić information content (AvgIpc) is 3.08. The summed E-state index contributed by atoms with van der Waals surface area (Å²) in [7, 11) is 0. The summed E-state index contributed by atoms with van der Waals surface area (Å²) in [5.41, 5.74) is 1.80. The second kappa shape index (κ2) is 7.48. The molecule has 0 aliphatic rings. The number of hydrogen-bond donors (Lipinski definition) is 2. The summed E-state index contributed by atoms with van der Waals surface area (Å²) in [5, 5.41) is 9.32. The van der Waals surface area contributed by atoms with Crippen LogP contribution in [0.2, 0.25) is 0 Å². The number of carbonyl (C=O) groups excluding carboxylic acids is 1. The van der Waals surface area contributed by atoms with Gasteiger partial charge in [-0.2, -0.15) is 5.10 Å². The molecule has 2 N–H and O–H groups in total. The Hall–Kier alpha value is -2.67. The first-order valence-electron chi connectivity index (χ1n) is 7.62. The van der Waals surface area contributed by atoms with Gasteiger partial charge < -0.3 is 10.1 Å². The van der Waals surface area contributed by atoms with Gasteiger partial charge in [0, 0.05) is 10.0 Å². The lowest BCUT2D eigenvalue weighted by Gasteiger charge is -2.05. The highest BCUT2D eigenvalue weighted by molar-refractivity contribution is 9.10. The number of aromatic amines is 1. The Labute approximate surface area is 152 Å².